The van der Waals surface area contributed by atoms with Gasteiger partial charge in [0.05, 0.1) is 33.8 Å². The number of hydrogen-bond acceptors (Lipinski definition) is 2. The van der Waals surface area contributed by atoms with Crippen molar-refractivity contribution < 1.29 is 26.4 Å². The van der Waals surface area contributed by atoms with E-state index in [1.807, 2.05) is 48.5 Å². The average molecular weight is 529 g/mol. The molecule has 4 aromatic carbocycles. The van der Waals surface area contributed by atoms with Gasteiger partial charge >= 0.3 is 0 Å². The van der Waals surface area contributed by atoms with Gasteiger partial charge in [0.2, 0.25) is 0 Å². The summed E-state index contributed by atoms with van der Waals surface area (Å²) in [7, 11) is 4.38. The highest BCUT2D eigenvalue weighted by Gasteiger charge is 2.16. The topological polar surface area (TPSA) is 38.3 Å². The Labute approximate surface area is 233 Å². The Hall–Kier alpha value is -3.60. The second kappa shape index (κ2) is 14.4. The number of halogens is 1. The number of benzene rings is 4. The molecule has 0 fully saturated rings. The van der Waals surface area contributed by atoms with Gasteiger partial charge in [-0.15, -0.1) is 0 Å². The third-order valence-electron chi connectivity index (χ3n) is 6.51. The zero-order chi connectivity index (χ0) is 25.9. The number of carbonyl (C=O) groups is 1. The highest BCUT2D eigenvalue weighted by atomic mass is 35.5. The molecule has 4 aromatic rings. The van der Waals surface area contributed by atoms with Gasteiger partial charge in [0, 0.05) is 11.1 Å². The fourth-order valence-corrected chi connectivity index (χ4v) is 4.40. The van der Waals surface area contributed by atoms with Crippen molar-refractivity contribution in [3.63, 3.8) is 0 Å². The molecule has 0 spiro atoms. The standard InChI is InChI=1S/C33H36N2O2.ClH/c1-35(2,26-28-12-7-4-8-13-28)24-23-34-33(36)31-17-15-29(16-18-31)30-19-21-32(22-20-30)37-25-9-14-27-10-5-3-6-11-27;/h3-8,10-13,15-22H,9,14,23-26H2,1-2H3;1H. The predicted molar refractivity (Wildman–Crippen MR) is 152 cm³/mol. The molecule has 0 saturated heterocycles. The lowest BCUT2D eigenvalue weighted by molar-refractivity contribution is -0.902. The zero-order valence-electron chi connectivity index (χ0n) is 22.3. The number of hydrogen-bond donors (Lipinski definition) is 1. The molecule has 0 aromatic heterocycles. The first kappa shape index (κ1) is 29.0. The van der Waals surface area contributed by atoms with Gasteiger partial charge in [-0.05, 0) is 53.8 Å². The van der Waals surface area contributed by atoms with E-state index in [0.29, 0.717) is 18.7 Å². The van der Waals surface area contributed by atoms with Crippen molar-refractivity contribution in [3.8, 4) is 16.9 Å². The fourth-order valence-electron chi connectivity index (χ4n) is 4.40. The predicted octanol–water partition coefficient (Wildman–Crippen LogP) is 3.38. The molecule has 0 aliphatic rings. The summed E-state index contributed by atoms with van der Waals surface area (Å²) < 4.78 is 6.72. The largest absolute Gasteiger partial charge is 1.00 e. The van der Waals surface area contributed by atoms with E-state index in [9.17, 15) is 4.79 Å². The highest BCUT2D eigenvalue weighted by Crippen LogP contribution is 2.23. The summed E-state index contributed by atoms with van der Waals surface area (Å²) in [6, 6.07) is 36.9. The maximum absolute atomic E-state index is 12.7. The van der Waals surface area contributed by atoms with Gasteiger partial charge < -0.3 is 26.9 Å². The third-order valence-corrected chi connectivity index (χ3v) is 6.51. The number of rotatable bonds is 12. The van der Waals surface area contributed by atoms with E-state index in [2.05, 4.69) is 80.1 Å². The van der Waals surface area contributed by atoms with Crippen LogP contribution in [0, 0.1) is 0 Å². The first-order valence-electron chi connectivity index (χ1n) is 13.0. The summed E-state index contributed by atoms with van der Waals surface area (Å²) in [6.07, 6.45) is 2.00. The number of nitrogens with zero attached hydrogens (tertiary/aromatic N) is 1. The van der Waals surface area contributed by atoms with E-state index in [1.165, 1.54) is 11.1 Å². The van der Waals surface area contributed by atoms with Gasteiger partial charge in [-0.3, -0.25) is 4.79 Å². The lowest BCUT2D eigenvalue weighted by Gasteiger charge is -2.30. The van der Waals surface area contributed by atoms with Crippen molar-refractivity contribution in [2.75, 3.05) is 33.8 Å². The minimum absolute atomic E-state index is 0. The summed E-state index contributed by atoms with van der Waals surface area (Å²) in [6.45, 7) is 3.12. The maximum Gasteiger partial charge on any atom is 0.251 e. The highest BCUT2D eigenvalue weighted by molar-refractivity contribution is 5.94. The Morgan fingerprint density at radius 2 is 1.29 bits per heavy atom. The van der Waals surface area contributed by atoms with Crippen LogP contribution in [0.1, 0.15) is 27.9 Å². The maximum atomic E-state index is 12.7. The molecule has 1 amide bonds. The van der Waals surface area contributed by atoms with Crippen molar-refractivity contribution in [1.29, 1.82) is 0 Å². The fraction of sp³-hybridized carbons (Fsp3) is 0.242. The number of ether oxygens (including phenoxy) is 1. The molecule has 0 heterocycles. The molecule has 0 aliphatic carbocycles. The van der Waals surface area contributed by atoms with Crippen molar-refractivity contribution in [2.24, 2.45) is 0 Å². The van der Waals surface area contributed by atoms with E-state index < -0.39 is 0 Å². The number of aryl methyl sites for hydroxylation is 1. The molecule has 0 atom stereocenters. The molecule has 0 bridgehead atoms. The van der Waals surface area contributed by atoms with Crippen LogP contribution < -0.4 is 22.5 Å². The van der Waals surface area contributed by atoms with Crippen molar-refractivity contribution in [2.45, 2.75) is 19.4 Å². The van der Waals surface area contributed by atoms with E-state index in [4.69, 9.17) is 4.74 Å². The van der Waals surface area contributed by atoms with Crippen molar-refractivity contribution in [3.05, 3.63) is 126 Å². The Morgan fingerprint density at radius 3 is 1.89 bits per heavy atom. The molecule has 198 valence electrons. The molecule has 0 aliphatic heterocycles. The lowest BCUT2D eigenvalue weighted by Crippen LogP contribution is -3.00. The molecule has 0 radical (unpaired) electrons. The van der Waals surface area contributed by atoms with E-state index in [1.54, 1.807) is 0 Å². The van der Waals surface area contributed by atoms with Gasteiger partial charge in [-0.2, -0.15) is 0 Å². The smallest absolute Gasteiger partial charge is 0.251 e. The molecule has 38 heavy (non-hydrogen) atoms. The summed E-state index contributed by atoms with van der Waals surface area (Å²) in [4.78, 5) is 12.7. The van der Waals surface area contributed by atoms with Crippen LogP contribution >= 0.6 is 0 Å². The Morgan fingerprint density at radius 1 is 0.737 bits per heavy atom. The van der Waals surface area contributed by atoms with Crippen molar-refractivity contribution >= 4 is 5.91 Å². The third kappa shape index (κ3) is 9.05. The van der Waals surface area contributed by atoms with Crippen LogP contribution in [0.2, 0.25) is 0 Å². The SMILES string of the molecule is C[N+](C)(CCNC(=O)c1ccc(-c2ccc(OCCCc3ccccc3)cc2)cc1)Cc1ccccc1.[Cl-]. The average Bonchev–Trinajstić information content (AvgIpc) is 2.92. The molecule has 5 heteroatoms. The Balaban J connectivity index is 0.00000400. The second-order valence-electron chi connectivity index (χ2n) is 10.1. The molecule has 4 rings (SSSR count). The number of carbonyl (C=O) groups excluding carboxylic acids is 1. The van der Waals surface area contributed by atoms with Crippen LogP contribution in [0.15, 0.2) is 109 Å². The molecular formula is C33H37ClN2O2. The lowest BCUT2D eigenvalue weighted by atomic mass is 10.0. The van der Waals surface area contributed by atoms with Gasteiger partial charge in [-0.1, -0.05) is 84.9 Å². The van der Waals surface area contributed by atoms with Crippen LogP contribution in [0.3, 0.4) is 0 Å². The molecular weight excluding hydrogens is 492 g/mol. The van der Waals surface area contributed by atoms with Crippen LogP contribution in [-0.4, -0.2) is 44.2 Å². The summed E-state index contributed by atoms with van der Waals surface area (Å²) in [5, 5.41) is 3.07. The number of likely N-dealkylation sites (N-methyl/N-ethyl adjacent to an activating group) is 1. The second-order valence-corrected chi connectivity index (χ2v) is 10.1. The van der Waals surface area contributed by atoms with Gasteiger partial charge in [-0.25, -0.2) is 0 Å². The number of quaternary nitrogens is 1. The monoisotopic (exact) mass is 528 g/mol. The zero-order valence-corrected chi connectivity index (χ0v) is 23.0. The Bertz CT molecular complexity index is 1240. The molecule has 4 nitrogen and oxygen atoms in total. The summed E-state index contributed by atoms with van der Waals surface area (Å²) >= 11 is 0. The van der Waals surface area contributed by atoms with Crippen LogP contribution in [0.5, 0.6) is 5.75 Å². The van der Waals surface area contributed by atoms with Crippen LogP contribution in [0.25, 0.3) is 11.1 Å². The van der Waals surface area contributed by atoms with Gasteiger partial charge in [0.15, 0.2) is 0 Å². The van der Waals surface area contributed by atoms with E-state index in [0.717, 1.165) is 47.3 Å². The summed E-state index contributed by atoms with van der Waals surface area (Å²) in [5.41, 5.74) is 5.49. The molecule has 0 unspecified atom stereocenters. The Kier molecular flexibility index (Phi) is 11.0. The van der Waals surface area contributed by atoms with E-state index in [-0.39, 0.29) is 18.3 Å². The molecule has 1 N–H and O–H groups in total. The summed E-state index contributed by atoms with van der Waals surface area (Å²) in [5.74, 6) is 0.840. The first-order valence-corrected chi connectivity index (χ1v) is 13.0. The van der Waals surface area contributed by atoms with Crippen LogP contribution in [-0.2, 0) is 13.0 Å². The van der Waals surface area contributed by atoms with Crippen LogP contribution in [0.4, 0.5) is 0 Å². The van der Waals surface area contributed by atoms with Gasteiger partial charge in [0.1, 0.15) is 12.3 Å². The number of amides is 1. The molecule has 0 saturated carbocycles. The first-order chi connectivity index (χ1) is 18.0. The minimum atomic E-state index is -0.0366. The number of nitrogens with one attached hydrogen (secondary N) is 1. The van der Waals surface area contributed by atoms with Gasteiger partial charge in [0.25, 0.3) is 5.91 Å². The quantitative estimate of drug-likeness (QED) is 0.226. The normalized spacial score (nSPS) is 10.9. The van der Waals surface area contributed by atoms with E-state index >= 15 is 0 Å². The van der Waals surface area contributed by atoms with Crippen molar-refractivity contribution in [1.82, 2.24) is 5.32 Å². The minimum Gasteiger partial charge on any atom is -1.00 e.